The van der Waals surface area contributed by atoms with E-state index >= 15 is 0 Å². The van der Waals surface area contributed by atoms with Gasteiger partial charge in [-0.3, -0.25) is 0 Å². The highest BCUT2D eigenvalue weighted by molar-refractivity contribution is 5.16. The lowest BCUT2D eigenvalue weighted by Gasteiger charge is -2.55. The highest BCUT2D eigenvalue weighted by Crippen LogP contribution is 2.60. The molecule has 4 nitrogen and oxygen atoms in total. The predicted molar refractivity (Wildman–Crippen MR) is 80.7 cm³/mol. The van der Waals surface area contributed by atoms with Gasteiger partial charge in [-0.05, 0) is 77.0 Å². The van der Waals surface area contributed by atoms with Crippen LogP contribution in [0.25, 0.3) is 0 Å². The maximum absolute atomic E-state index is 5.53. The van der Waals surface area contributed by atoms with Gasteiger partial charge >= 0.3 is 0 Å². The molecule has 0 radical (unpaired) electrons. The minimum Gasteiger partial charge on any atom is -0.338 e. The molecule has 1 N–H and O–H groups in total. The summed E-state index contributed by atoms with van der Waals surface area (Å²) in [5.74, 6) is 4.52. The molecule has 1 heterocycles. The Labute approximate surface area is 127 Å². The summed E-state index contributed by atoms with van der Waals surface area (Å²) in [4.78, 5) is 4.76. The van der Waals surface area contributed by atoms with Crippen molar-refractivity contribution >= 4 is 0 Å². The molecule has 0 aliphatic heterocycles. The molecule has 116 valence electrons. The Hall–Kier alpha value is -0.900. The zero-order valence-corrected chi connectivity index (χ0v) is 13.5. The summed E-state index contributed by atoms with van der Waals surface area (Å²) in [5.41, 5.74) is 0.327. The summed E-state index contributed by atoms with van der Waals surface area (Å²) >= 11 is 0. The maximum atomic E-state index is 5.53. The molecule has 4 fully saturated rings. The van der Waals surface area contributed by atoms with Crippen LogP contribution in [0.1, 0.15) is 71.0 Å². The standard InChI is InChI=1S/C17H27N3O/c1-16(2,3)18-10-14-19-15(20-21-14)17-7-11-4-12(8-17)6-13(5-11)9-17/h11-13,18H,4-10H2,1-3H3. The first kappa shape index (κ1) is 13.7. The number of aromatic nitrogens is 2. The van der Waals surface area contributed by atoms with E-state index in [1.807, 2.05) is 0 Å². The number of hydrogen-bond acceptors (Lipinski definition) is 4. The summed E-state index contributed by atoms with van der Waals surface area (Å²) in [6.07, 6.45) is 8.25. The SMILES string of the molecule is CC(C)(C)NCc1nc(C23CC4CC(CC(C4)C2)C3)no1. The van der Waals surface area contributed by atoms with Gasteiger partial charge in [0.15, 0.2) is 5.82 Å². The van der Waals surface area contributed by atoms with Gasteiger partial charge in [-0.15, -0.1) is 0 Å². The topological polar surface area (TPSA) is 51.0 Å². The van der Waals surface area contributed by atoms with Crippen molar-refractivity contribution in [3.63, 3.8) is 0 Å². The fraction of sp³-hybridized carbons (Fsp3) is 0.882. The molecule has 4 bridgehead atoms. The van der Waals surface area contributed by atoms with Crippen LogP contribution in [0.5, 0.6) is 0 Å². The van der Waals surface area contributed by atoms with Gasteiger partial charge in [-0.25, -0.2) is 0 Å². The van der Waals surface area contributed by atoms with Crippen molar-refractivity contribution in [1.82, 2.24) is 15.5 Å². The van der Waals surface area contributed by atoms with E-state index in [-0.39, 0.29) is 11.0 Å². The summed E-state index contributed by atoms with van der Waals surface area (Å²) in [7, 11) is 0. The van der Waals surface area contributed by atoms with E-state index in [1.54, 1.807) is 0 Å². The lowest BCUT2D eigenvalue weighted by molar-refractivity contribution is -0.0103. The first-order chi connectivity index (χ1) is 9.92. The molecule has 1 aromatic rings. The Kier molecular flexibility index (Phi) is 2.97. The number of rotatable bonds is 3. The molecule has 4 aliphatic carbocycles. The van der Waals surface area contributed by atoms with Gasteiger partial charge < -0.3 is 9.84 Å². The van der Waals surface area contributed by atoms with Crippen LogP contribution in [-0.2, 0) is 12.0 Å². The number of hydrogen-bond donors (Lipinski definition) is 1. The average molecular weight is 289 g/mol. The molecule has 0 amide bonds. The van der Waals surface area contributed by atoms with Crippen LogP contribution in [0.3, 0.4) is 0 Å². The predicted octanol–water partition coefficient (Wildman–Crippen LogP) is 3.43. The minimum atomic E-state index is 0.0787. The molecule has 4 saturated carbocycles. The third-order valence-electron chi connectivity index (χ3n) is 5.75. The van der Waals surface area contributed by atoms with Gasteiger partial charge in [0.1, 0.15) is 0 Å². The number of nitrogens with zero attached hydrogens (tertiary/aromatic N) is 2. The van der Waals surface area contributed by atoms with Crippen molar-refractivity contribution in [3.05, 3.63) is 11.7 Å². The quantitative estimate of drug-likeness (QED) is 0.926. The molecular weight excluding hydrogens is 262 g/mol. The van der Waals surface area contributed by atoms with Crippen molar-refractivity contribution in [2.45, 2.75) is 76.8 Å². The first-order valence-corrected chi connectivity index (χ1v) is 8.50. The Morgan fingerprint density at radius 1 is 1.10 bits per heavy atom. The van der Waals surface area contributed by atoms with Crippen molar-refractivity contribution in [1.29, 1.82) is 0 Å². The molecule has 21 heavy (non-hydrogen) atoms. The molecule has 0 saturated heterocycles. The van der Waals surface area contributed by atoms with Gasteiger partial charge in [0.2, 0.25) is 5.89 Å². The zero-order chi connectivity index (χ0) is 14.7. The smallest absolute Gasteiger partial charge is 0.240 e. The average Bonchev–Trinajstić information content (AvgIpc) is 2.83. The molecule has 4 heteroatoms. The van der Waals surface area contributed by atoms with E-state index in [0.717, 1.165) is 29.5 Å². The van der Waals surface area contributed by atoms with Crippen LogP contribution in [0.15, 0.2) is 4.52 Å². The molecule has 0 spiro atoms. The van der Waals surface area contributed by atoms with Crippen molar-refractivity contribution in [3.8, 4) is 0 Å². The summed E-state index contributed by atoms with van der Waals surface area (Å²) in [6.45, 7) is 7.14. The van der Waals surface area contributed by atoms with Crippen LogP contribution < -0.4 is 5.32 Å². The third-order valence-corrected chi connectivity index (χ3v) is 5.75. The van der Waals surface area contributed by atoms with Gasteiger partial charge in [-0.1, -0.05) is 5.16 Å². The molecule has 0 unspecified atom stereocenters. The van der Waals surface area contributed by atoms with Crippen LogP contribution in [-0.4, -0.2) is 15.7 Å². The van der Waals surface area contributed by atoms with E-state index < -0.39 is 0 Å². The Bertz CT molecular complexity index is 493. The Balaban J connectivity index is 1.53. The fourth-order valence-electron chi connectivity index (χ4n) is 5.27. The molecule has 1 aromatic heterocycles. The van der Waals surface area contributed by atoms with Crippen LogP contribution in [0.4, 0.5) is 0 Å². The molecule has 5 rings (SSSR count). The highest BCUT2D eigenvalue weighted by Gasteiger charge is 2.53. The minimum absolute atomic E-state index is 0.0787. The molecule has 0 atom stereocenters. The van der Waals surface area contributed by atoms with Crippen LogP contribution >= 0.6 is 0 Å². The largest absolute Gasteiger partial charge is 0.338 e. The van der Waals surface area contributed by atoms with Crippen LogP contribution in [0, 0.1) is 17.8 Å². The Morgan fingerprint density at radius 3 is 2.19 bits per heavy atom. The lowest BCUT2D eigenvalue weighted by atomic mass is 9.49. The van der Waals surface area contributed by atoms with Crippen molar-refractivity contribution < 1.29 is 4.52 Å². The van der Waals surface area contributed by atoms with E-state index in [2.05, 4.69) is 31.2 Å². The Morgan fingerprint density at radius 2 is 1.67 bits per heavy atom. The van der Waals surface area contributed by atoms with Crippen molar-refractivity contribution in [2.24, 2.45) is 17.8 Å². The molecule has 0 aromatic carbocycles. The van der Waals surface area contributed by atoms with E-state index in [1.165, 1.54) is 38.5 Å². The van der Waals surface area contributed by atoms with E-state index in [9.17, 15) is 0 Å². The second kappa shape index (κ2) is 4.55. The third kappa shape index (κ3) is 2.52. The van der Waals surface area contributed by atoms with E-state index in [4.69, 9.17) is 9.51 Å². The van der Waals surface area contributed by atoms with Gasteiger partial charge in [-0.2, -0.15) is 4.98 Å². The molecule has 4 aliphatic rings. The van der Waals surface area contributed by atoms with Gasteiger partial charge in [0, 0.05) is 11.0 Å². The second-order valence-electron chi connectivity index (χ2n) is 8.81. The lowest BCUT2D eigenvalue weighted by Crippen LogP contribution is -2.49. The summed E-state index contributed by atoms with van der Waals surface area (Å²) < 4.78 is 5.53. The number of nitrogens with one attached hydrogen (secondary N) is 1. The fourth-order valence-corrected chi connectivity index (χ4v) is 5.27. The zero-order valence-electron chi connectivity index (χ0n) is 13.5. The van der Waals surface area contributed by atoms with Crippen molar-refractivity contribution in [2.75, 3.05) is 0 Å². The maximum Gasteiger partial charge on any atom is 0.240 e. The first-order valence-electron chi connectivity index (χ1n) is 8.50. The summed E-state index contributed by atoms with van der Waals surface area (Å²) in [5, 5.41) is 7.81. The van der Waals surface area contributed by atoms with Gasteiger partial charge in [0.25, 0.3) is 0 Å². The molecular formula is C17H27N3O. The van der Waals surface area contributed by atoms with Gasteiger partial charge in [0.05, 0.1) is 6.54 Å². The monoisotopic (exact) mass is 289 g/mol. The second-order valence-corrected chi connectivity index (χ2v) is 8.81. The van der Waals surface area contributed by atoms with Crippen LogP contribution in [0.2, 0.25) is 0 Å². The normalized spacial score (nSPS) is 38.1. The summed E-state index contributed by atoms with van der Waals surface area (Å²) in [6, 6.07) is 0. The highest BCUT2D eigenvalue weighted by atomic mass is 16.5. The van der Waals surface area contributed by atoms with E-state index in [0.29, 0.717) is 6.54 Å².